The van der Waals surface area contributed by atoms with E-state index in [1.54, 1.807) is 50.4 Å². The van der Waals surface area contributed by atoms with Crippen LogP contribution in [-0.4, -0.2) is 46.2 Å². The molecule has 0 bridgehead atoms. The summed E-state index contributed by atoms with van der Waals surface area (Å²) in [5, 5.41) is 8.43. The first-order valence-corrected chi connectivity index (χ1v) is 6.27. The number of H-pyrrole nitrogens is 1. The molecule has 3 aromatic rings. The molecule has 8 heteroatoms. The first kappa shape index (κ1) is 13.1. The molecule has 0 spiro atoms. The van der Waals surface area contributed by atoms with E-state index >= 15 is 0 Å². The number of nitrogens with one attached hydrogen (secondary N) is 1. The smallest absolute Gasteiger partial charge is 0.282 e. The van der Waals surface area contributed by atoms with Crippen molar-refractivity contribution in [2.75, 3.05) is 26.1 Å². The average Bonchev–Trinajstić information content (AvgIpc) is 2.92. The molecule has 108 valence electrons. The van der Waals surface area contributed by atoms with Gasteiger partial charge in [-0.1, -0.05) is 0 Å². The van der Waals surface area contributed by atoms with Crippen molar-refractivity contribution in [2.24, 2.45) is 0 Å². The fourth-order valence-corrected chi connectivity index (χ4v) is 1.85. The Labute approximate surface area is 120 Å². The first-order chi connectivity index (χ1) is 10.1. The number of anilines is 1. The molecule has 0 unspecified atom stereocenters. The molecule has 1 N–H and O–H groups in total. The Bertz CT molecular complexity index is 834. The molecule has 21 heavy (non-hydrogen) atoms. The van der Waals surface area contributed by atoms with E-state index in [4.69, 9.17) is 4.74 Å². The maximum atomic E-state index is 12.0. The molecule has 0 aliphatic rings. The van der Waals surface area contributed by atoms with Crippen molar-refractivity contribution in [3.63, 3.8) is 0 Å². The fraction of sp³-hybridized carbons (Fsp3) is 0.231. The van der Waals surface area contributed by atoms with Gasteiger partial charge in [-0.25, -0.2) is 0 Å². The third kappa shape index (κ3) is 2.31. The zero-order valence-corrected chi connectivity index (χ0v) is 11.9. The predicted octanol–water partition coefficient (Wildman–Crippen LogP) is 0.578. The second-order valence-electron chi connectivity index (χ2n) is 4.64. The van der Waals surface area contributed by atoms with Gasteiger partial charge in [0.25, 0.3) is 5.56 Å². The Hall–Kier alpha value is -2.90. The number of hydrogen-bond acceptors (Lipinski definition) is 6. The summed E-state index contributed by atoms with van der Waals surface area (Å²) in [6.07, 6.45) is 0. The highest BCUT2D eigenvalue weighted by atomic mass is 16.5. The molecule has 0 aliphatic carbocycles. The lowest BCUT2D eigenvalue weighted by Gasteiger charge is -2.08. The van der Waals surface area contributed by atoms with Gasteiger partial charge in [-0.2, -0.15) is 4.98 Å². The van der Waals surface area contributed by atoms with Gasteiger partial charge in [0.05, 0.1) is 12.8 Å². The van der Waals surface area contributed by atoms with Crippen LogP contribution in [0.25, 0.3) is 16.9 Å². The van der Waals surface area contributed by atoms with Crippen molar-refractivity contribution < 1.29 is 4.74 Å². The molecule has 2 aromatic heterocycles. The van der Waals surface area contributed by atoms with Gasteiger partial charge in [0.2, 0.25) is 11.6 Å². The van der Waals surface area contributed by atoms with Crippen LogP contribution in [0.1, 0.15) is 0 Å². The highest BCUT2D eigenvalue weighted by Gasteiger charge is 2.12. The Morgan fingerprint density at radius 1 is 1.19 bits per heavy atom. The van der Waals surface area contributed by atoms with Crippen molar-refractivity contribution in [1.82, 2.24) is 25.0 Å². The predicted molar refractivity (Wildman–Crippen MR) is 78.2 cm³/mol. The number of aromatic amines is 1. The molecule has 3 rings (SSSR count). The molecule has 0 radical (unpaired) electrons. The van der Waals surface area contributed by atoms with E-state index in [1.165, 1.54) is 4.80 Å². The van der Waals surface area contributed by atoms with Gasteiger partial charge in [-0.15, -0.1) is 15.0 Å². The molecule has 0 saturated heterocycles. The Morgan fingerprint density at radius 2 is 1.90 bits per heavy atom. The quantitative estimate of drug-likeness (QED) is 0.757. The van der Waals surface area contributed by atoms with E-state index in [0.717, 1.165) is 11.4 Å². The van der Waals surface area contributed by atoms with Crippen molar-refractivity contribution in [3.05, 3.63) is 34.6 Å². The van der Waals surface area contributed by atoms with Gasteiger partial charge in [-0.05, 0) is 24.3 Å². The molecule has 0 fully saturated rings. The monoisotopic (exact) mass is 286 g/mol. The SMILES string of the molecule is COc1ccc(-n2nc3nc(N(C)C)[nH]c(=O)c3n2)cc1. The summed E-state index contributed by atoms with van der Waals surface area (Å²) in [6, 6.07) is 7.20. The van der Waals surface area contributed by atoms with Crippen LogP contribution in [0.2, 0.25) is 0 Å². The van der Waals surface area contributed by atoms with Crippen LogP contribution in [0.5, 0.6) is 5.75 Å². The number of aromatic nitrogens is 5. The number of hydrogen-bond donors (Lipinski definition) is 1. The van der Waals surface area contributed by atoms with Gasteiger partial charge in [0.1, 0.15) is 5.75 Å². The molecular weight excluding hydrogens is 272 g/mol. The van der Waals surface area contributed by atoms with E-state index in [-0.39, 0.29) is 11.1 Å². The van der Waals surface area contributed by atoms with E-state index in [0.29, 0.717) is 11.6 Å². The van der Waals surface area contributed by atoms with Gasteiger partial charge >= 0.3 is 0 Å². The zero-order valence-electron chi connectivity index (χ0n) is 11.9. The molecule has 1 aromatic carbocycles. The van der Waals surface area contributed by atoms with Crippen LogP contribution in [0, 0.1) is 0 Å². The van der Waals surface area contributed by atoms with Gasteiger partial charge in [-0.3, -0.25) is 9.78 Å². The normalized spacial score (nSPS) is 10.8. The fourth-order valence-electron chi connectivity index (χ4n) is 1.85. The topological polar surface area (TPSA) is 88.9 Å². The largest absolute Gasteiger partial charge is 0.497 e. The minimum absolute atomic E-state index is 0.205. The molecule has 0 saturated carbocycles. The number of nitrogens with zero attached hydrogens (tertiary/aromatic N) is 5. The second kappa shape index (κ2) is 4.89. The number of rotatable bonds is 3. The number of benzene rings is 1. The Morgan fingerprint density at radius 3 is 2.52 bits per heavy atom. The van der Waals surface area contributed by atoms with Crippen molar-refractivity contribution in [3.8, 4) is 11.4 Å². The molecule has 8 nitrogen and oxygen atoms in total. The molecule has 2 heterocycles. The molecule has 0 aliphatic heterocycles. The summed E-state index contributed by atoms with van der Waals surface area (Å²) in [5.74, 6) is 1.18. The second-order valence-corrected chi connectivity index (χ2v) is 4.64. The minimum atomic E-state index is -0.316. The van der Waals surface area contributed by atoms with Crippen LogP contribution < -0.4 is 15.2 Å². The van der Waals surface area contributed by atoms with E-state index < -0.39 is 0 Å². The Kier molecular flexibility index (Phi) is 3.05. The summed E-state index contributed by atoms with van der Waals surface area (Å²) >= 11 is 0. The van der Waals surface area contributed by atoms with Crippen molar-refractivity contribution in [2.45, 2.75) is 0 Å². The number of ether oxygens (including phenoxy) is 1. The summed E-state index contributed by atoms with van der Waals surface area (Å²) in [4.78, 5) is 22.0. The summed E-state index contributed by atoms with van der Waals surface area (Å²) < 4.78 is 5.10. The third-order valence-electron chi connectivity index (χ3n) is 2.98. The lowest BCUT2D eigenvalue weighted by atomic mass is 10.3. The minimum Gasteiger partial charge on any atom is -0.497 e. The summed E-state index contributed by atoms with van der Waals surface area (Å²) in [7, 11) is 5.18. The zero-order chi connectivity index (χ0) is 15.0. The van der Waals surface area contributed by atoms with Crippen LogP contribution >= 0.6 is 0 Å². The van der Waals surface area contributed by atoms with Crippen LogP contribution in [-0.2, 0) is 0 Å². The summed E-state index contributed by atoms with van der Waals surface area (Å²) in [6.45, 7) is 0. The van der Waals surface area contributed by atoms with Crippen LogP contribution in [0.4, 0.5) is 5.95 Å². The van der Waals surface area contributed by atoms with Crippen LogP contribution in [0.3, 0.4) is 0 Å². The molecule has 0 atom stereocenters. The highest BCUT2D eigenvalue weighted by Crippen LogP contribution is 2.14. The van der Waals surface area contributed by atoms with Gasteiger partial charge in [0, 0.05) is 14.1 Å². The number of fused-ring (bicyclic) bond motifs is 1. The maximum Gasteiger partial charge on any atom is 0.282 e. The van der Waals surface area contributed by atoms with E-state index in [1.807, 2.05) is 0 Å². The lowest BCUT2D eigenvalue weighted by molar-refractivity contribution is 0.414. The maximum absolute atomic E-state index is 12.0. The van der Waals surface area contributed by atoms with Gasteiger partial charge < -0.3 is 9.64 Å². The average molecular weight is 286 g/mol. The van der Waals surface area contributed by atoms with Crippen molar-refractivity contribution >= 4 is 17.1 Å². The third-order valence-corrected chi connectivity index (χ3v) is 2.98. The Balaban J connectivity index is 2.11. The number of methoxy groups -OCH3 is 1. The van der Waals surface area contributed by atoms with Gasteiger partial charge in [0.15, 0.2) is 5.52 Å². The molecule has 0 amide bonds. The lowest BCUT2D eigenvalue weighted by Crippen LogP contribution is -2.18. The van der Waals surface area contributed by atoms with E-state index in [2.05, 4.69) is 20.2 Å². The highest BCUT2D eigenvalue weighted by molar-refractivity contribution is 5.69. The standard InChI is InChI=1S/C13H14N6O2/c1-18(2)13-14-11-10(12(20)15-13)16-19(17-11)8-4-6-9(21-3)7-5-8/h4-7H,1-3H3,(H,14,15,17,20). The first-order valence-electron chi connectivity index (χ1n) is 6.27. The summed E-state index contributed by atoms with van der Waals surface area (Å²) in [5.41, 5.74) is 0.915. The van der Waals surface area contributed by atoms with Crippen LogP contribution in [0.15, 0.2) is 29.1 Å². The van der Waals surface area contributed by atoms with E-state index in [9.17, 15) is 4.79 Å². The van der Waals surface area contributed by atoms with Crippen molar-refractivity contribution in [1.29, 1.82) is 0 Å². The molecular formula is C13H14N6O2.